The van der Waals surface area contributed by atoms with Crippen molar-refractivity contribution in [1.82, 2.24) is 0 Å². The van der Waals surface area contributed by atoms with Gasteiger partial charge in [-0.15, -0.1) is 0 Å². The van der Waals surface area contributed by atoms with Crippen LogP contribution in [0.2, 0.25) is 15.1 Å². The smallest absolute Gasteiger partial charge is 0.0747 e. The molecule has 0 spiro atoms. The fraction of sp³-hybridized carbons (Fsp3) is 0.500. The van der Waals surface area contributed by atoms with Gasteiger partial charge >= 0.3 is 0 Å². The van der Waals surface area contributed by atoms with Crippen LogP contribution >= 0.6 is 34.8 Å². The van der Waals surface area contributed by atoms with Crippen LogP contribution in [-0.4, -0.2) is 19.3 Å². The molecule has 5 heteroatoms. The topological polar surface area (TPSA) is 21.3 Å². The summed E-state index contributed by atoms with van der Waals surface area (Å²) < 4.78 is 5.63. The van der Waals surface area contributed by atoms with E-state index in [1.807, 2.05) is 0 Å². The molecule has 0 bridgehead atoms. The molecule has 0 aromatic heterocycles. The summed E-state index contributed by atoms with van der Waals surface area (Å²) in [5, 5.41) is 4.85. The minimum absolute atomic E-state index is 0.242. The van der Waals surface area contributed by atoms with Crippen molar-refractivity contribution in [3.63, 3.8) is 0 Å². The number of benzene rings is 1. The molecule has 1 aromatic rings. The Hall–Kier alpha value is -0.150. The number of hydrogen-bond acceptors (Lipinski definition) is 2. The largest absolute Gasteiger partial charge is 0.380 e. The first-order valence-electron chi connectivity index (χ1n) is 5.67. The molecule has 0 amide bonds. The molecule has 1 atom stereocenters. The third-order valence-electron chi connectivity index (χ3n) is 2.79. The van der Waals surface area contributed by atoms with Crippen molar-refractivity contribution in [3.05, 3.63) is 27.2 Å². The second kappa shape index (κ2) is 6.14. The zero-order valence-electron chi connectivity index (χ0n) is 9.31. The van der Waals surface area contributed by atoms with Gasteiger partial charge in [0.1, 0.15) is 0 Å². The molecule has 2 nitrogen and oxygen atoms in total. The van der Waals surface area contributed by atoms with E-state index in [1.54, 1.807) is 12.1 Å². The number of anilines is 1. The van der Waals surface area contributed by atoms with E-state index in [0.717, 1.165) is 31.7 Å². The zero-order chi connectivity index (χ0) is 12.3. The molecule has 1 fully saturated rings. The normalized spacial score (nSPS) is 20.3. The second-order valence-electron chi connectivity index (χ2n) is 4.11. The summed E-state index contributed by atoms with van der Waals surface area (Å²) >= 11 is 18.0. The van der Waals surface area contributed by atoms with Crippen molar-refractivity contribution in [2.24, 2.45) is 0 Å². The SMILES string of the molecule is Clc1cc(Cl)c(NCC2CCCCO2)c(Cl)c1. The molecule has 1 saturated heterocycles. The fourth-order valence-corrected chi connectivity index (χ4v) is 2.85. The lowest BCUT2D eigenvalue weighted by molar-refractivity contribution is 0.0247. The van der Waals surface area contributed by atoms with Crippen LogP contribution in [-0.2, 0) is 4.74 Å². The van der Waals surface area contributed by atoms with E-state index in [-0.39, 0.29) is 6.10 Å². The molecule has 2 rings (SSSR count). The summed E-state index contributed by atoms with van der Waals surface area (Å²) in [5.74, 6) is 0. The molecule has 1 aromatic carbocycles. The minimum atomic E-state index is 0.242. The maximum atomic E-state index is 6.08. The Morgan fingerprint density at radius 2 is 1.88 bits per heavy atom. The maximum Gasteiger partial charge on any atom is 0.0747 e. The molecule has 1 N–H and O–H groups in total. The molecule has 1 aliphatic heterocycles. The van der Waals surface area contributed by atoms with Gasteiger partial charge in [-0.1, -0.05) is 34.8 Å². The van der Waals surface area contributed by atoms with Gasteiger partial charge in [-0.2, -0.15) is 0 Å². The van der Waals surface area contributed by atoms with Gasteiger partial charge < -0.3 is 10.1 Å². The lowest BCUT2D eigenvalue weighted by Gasteiger charge is -2.23. The lowest BCUT2D eigenvalue weighted by atomic mass is 10.1. The summed E-state index contributed by atoms with van der Waals surface area (Å²) in [6, 6.07) is 3.36. The number of nitrogens with one attached hydrogen (secondary N) is 1. The standard InChI is InChI=1S/C12H14Cl3NO/c13-8-5-10(14)12(11(15)6-8)16-7-9-3-1-2-4-17-9/h5-6,9,16H,1-4,7H2. The van der Waals surface area contributed by atoms with Gasteiger partial charge in [-0.05, 0) is 31.4 Å². The molecular weight excluding hydrogens is 280 g/mol. The van der Waals surface area contributed by atoms with Gasteiger partial charge in [0.25, 0.3) is 0 Å². The van der Waals surface area contributed by atoms with Gasteiger partial charge in [0, 0.05) is 18.2 Å². The Morgan fingerprint density at radius 3 is 2.47 bits per heavy atom. The van der Waals surface area contributed by atoms with Crippen LogP contribution in [0.1, 0.15) is 19.3 Å². The highest BCUT2D eigenvalue weighted by atomic mass is 35.5. The summed E-state index contributed by atoms with van der Waals surface area (Å²) in [5.41, 5.74) is 0.729. The van der Waals surface area contributed by atoms with E-state index in [0.29, 0.717) is 15.1 Å². The van der Waals surface area contributed by atoms with Crippen molar-refractivity contribution >= 4 is 40.5 Å². The minimum Gasteiger partial charge on any atom is -0.380 e. The van der Waals surface area contributed by atoms with E-state index in [4.69, 9.17) is 39.5 Å². The van der Waals surface area contributed by atoms with Crippen molar-refractivity contribution < 1.29 is 4.74 Å². The van der Waals surface area contributed by atoms with E-state index in [2.05, 4.69) is 5.32 Å². The number of halogens is 3. The van der Waals surface area contributed by atoms with Crippen LogP contribution in [0, 0.1) is 0 Å². The first-order chi connectivity index (χ1) is 8.16. The Kier molecular flexibility index (Phi) is 4.80. The van der Waals surface area contributed by atoms with E-state index in [9.17, 15) is 0 Å². The third-order valence-corrected chi connectivity index (χ3v) is 3.60. The molecule has 1 unspecified atom stereocenters. The second-order valence-corrected chi connectivity index (χ2v) is 5.36. The van der Waals surface area contributed by atoms with Crippen molar-refractivity contribution in [2.75, 3.05) is 18.5 Å². The quantitative estimate of drug-likeness (QED) is 0.877. The third kappa shape index (κ3) is 3.65. The van der Waals surface area contributed by atoms with Crippen LogP contribution < -0.4 is 5.32 Å². The Morgan fingerprint density at radius 1 is 1.18 bits per heavy atom. The van der Waals surface area contributed by atoms with Crippen molar-refractivity contribution in [2.45, 2.75) is 25.4 Å². The van der Waals surface area contributed by atoms with Gasteiger partial charge in [0.05, 0.1) is 21.8 Å². The highest BCUT2D eigenvalue weighted by Gasteiger charge is 2.15. The number of hydrogen-bond donors (Lipinski definition) is 1. The Bertz CT molecular complexity index is 368. The predicted octanol–water partition coefficient (Wildman–Crippen LogP) is 4.63. The fourth-order valence-electron chi connectivity index (χ4n) is 1.90. The first-order valence-corrected chi connectivity index (χ1v) is 6.80. The van der Waals surface area contributed by atoms with Gasteiger partial charge in [-0.25, -0.2) is 0 Å². The first kappa shape index (κ1) is 13.3. The number of ether oxygens (including phenoxy) is 1. The van der Waals surface area contributed by atoms with Crippen LogP contribution in [0.4, 0.5) is 5.69 Å². The van der Waals surface area contributed by atoms with Crippen LogP contribution in [0.15, 0.2) is 12.1 Å². The molecule has 94 valence electrons. The van der Waals surface area contributed by atoms with Crippen molar-refractivity contribution in [1.29, 1.82) is 0 Å². The van der Waals surface area contributed by atoms with Gasteiger partial charge in [0.15, 0.2) is 0 Å². The zero-order valence-corrected chi connectivity index (χ0v) is 11.6. The number of rotatable bonds is 3. The summed E-state index contributed by atoms with van der Waals surface area (Å²) in [4.78, 5) is 0. The van der Waals surface area contributed by atoms with E-state index >= 15 is 0 Å². The van der Waals surface area contributed by atoms with Gasteiger partial charge in [0.2, 0.25) is 0 Å². The highest BCUT2D eigenvalue weighted by Crippen LogP contribution is 2.33. The molecule has 17 heavy (non-hydrogen) atoms. The Labute approximate surface area is 116 Å². The molecule has 0 radical (unpaired) electrons. The molecular formula is C12H14Cl3NO. The van der Waals surface area contributed by atoms with E-state index in [1.165, 1.54) is 6.42 Å². The lowest BCUT2D eigenvalue weighted by Crippen LogP contribution is -2.27. The maximum absolute atomic E-state index is 6.08. The average Bonchev–Trinajstić information content (AvgIpc) is 2.29. The van der Waals surface area contributed by atoms with Gasteiger partial charge in [-0.3, -0.25) is 0 Å². The molecule has 1 heterocycles. The Balaban J connectivity index is 1.98. The predicted molar refractivity (Wildman–Crippen MR) is 73.6 cm³/mol. The van der Waals surface area contributed by atoms with Crippen molar-refractivity contribution in [3.8, 4) is 0 Å². The van der Waals surface area contributed by atoms with E-state index < -0.39 is 0 Å². The summed E-state index contributed by atoms with van der Waals surface area (Å²) in [6.07, 6.45) is 3.69. The molecule has 1 aliphatic rings. The van der Waals surface area contributed by atoms with Crippen LogP contribution in [0.3, 0.4) is 0 Å². The van der Waals surface area contributed by atoms with Crippen LogP contribution in [0.5, 0.6) is 0 Å². The highest BCUT2D eigenvalue weighted by molar-refractivity contribution is 6.41. The summed E-state index contributed by atoms with van der Waals surface area (Å²) in [7, 11) is 0. The summed E-state index contributed by atoms with van der Waals surface area (Å²) in [6.45, 7) is 1.56. The molecule has 0 saturated carbocycles. The average molecular weight is 295 g/mol. The monoisotopic (exact) mass is 293 g/mol. The van der Waals surface area contributed by atoms with Crippen LogP contribution in [0.25, 0.3) is 0 Å². The molecule has 0 aliphatic carbocycles.